The Hall–Kier alpha value is -0.900. The minimum absolute atomic E-state index is 0.0134. The van der Waals surface area contributed by atoms with Crippen molar-refractivity contribution in [2.24, 2.45) is 5.16 Å². The number of hydrogen-bond acceptors (Lipinski definition) is 3. The van der Waals surface area contributed by atoms with Crippen LogP contribution in [0.5, 0.6) is 0 Å². The Kier molecular flexibility index (Phi) is 2.08. The maximum atomic E-state index is 5.13. The summed E-state index contributed by atoms with van der Waals surface area (Å²) in [4.78, 5) is 9.31. The second-order valence-electron chi connectivity index (χ2n) is 2.52. The van der Waals surface area contributed by atoms with Gasteiger partial charge in [-0.05, 0) is 28.1 Å². The van der Waals surface area contributed by atoms with Crippen molar-refractivity contribution in [3.63, 3.8) is 0 Å². The summed E-state index contributed by atoms with van der Waals surface area (Å²) >= 11 is 3.27. The summed E-state index contributed by atoms with van der Waals surface area (Å²) in [6.07, 6.45) is 2.52. The van der Waals surface area contributed by atoms with Gasteiger partial charge in [-0.3, -0.25) is 4.98 Å². The van der Waals surface area contributed by atoms with Gasteiger partial charge in [0.05, 0.1) is 5.69 Å². The molecule has 12 heavy (non-hydrogen) atoms. The molecule has 0 fully saturated rings. The zero-order valence-corrected chi connectivity index (χ0v) is 7.86. The fourth-order valence-electron chi connectivity index (χ4n) is 1.07. The second-order valence-corrected chi connectivity index (χ2v) is 3.44. The minimum atomic E-state index is -0.0134. The van der Waals surface area contributed by atoms with Gasteiger partial charge in [-0.25, -0.2) is 0 Å². The molecule has 0 spiro atoms. The molecule has 62 valence electrons. The van der Waals surface area contributed by atoms with Gasteiger partial charge in [-0.1, -0.05) is 11.2 Å². The highest BCUT2D eigenvalue weighted by Crippen LogP contribution is 2.26. The van der Waals surface area contributed by atoms with E-state index in [0.717, 1.165) is 16.7 Å². The van der Waals surface area contributed by atoms with Gasteiger partial charge in [-0.2, -0.15) is 0 Å². The first-order valence-corrected chi connectivity index (χ1v) is 4.44. The monoisotopic (exact) mass is 226 g/mol. The molecular formula is C8H7BrN2O. The van der Waals surface area contributed by atoms with Crippen molar-refractivity contribution in [1.82, 2.24) is 4.98 Å². The van der Waals surface area contributed by atoms with Crippen molar-refractivity contribution in [3.05, 3.63) is 30.1 Å². The number of hydrogen-bond donors (Lipinski definition) is 0. The van der Waals surface area contributed by atoms with Crippen molar-refractivity contribution in [1.29, 1.82) is 0 Å². The van der Waals surface area contributed by atoms with E-state index < -0.39 is 0 Å². The molecule has 2 rings (SSSR count). The Morgan fingerprint density at radius 1 is 1.50 bits per heavy atom. The van der Waals surface area contributed by atoms with Gasteiger partial charge >= 0.3 is 0 Å². The smallest absolute Gasteiger partial charge is 0.175 e. The highest BCUT2D eigenvalue weighted by atomic mass is 79.9. The topological polar surface area (TPSA) is 34.5 Å². The molecule has 0 saturated carbocycles. The summed E-state index contributed by atoms with van der Waals surface area (Å²) in [6, 6.07) is 5.76. The van der Waals surface area contributed by atoms with E-state index in [-0.39, 0.29) is 6.10 Å². The van der Waals surface area contributed by atoms with E-state index in [9.17, 15) is 0 Å². The molecule has 1 aliphatic rings. The van der Waals surface area contributed by atoms with Crippen LogP contribution in [0.4, 0.5) is 0 Å². The zero-order chi connectivity index (χ0) is 8.39. The van der Waals surface area contributed by atoms with E-state index in [1.165, 1.54) is 0 Å². The van der Waals surface area contributed by atoms with Crippen molar-refractivity contribution < 1.29 is 4.84 Å². The maximum absolute atomic E-state index is 5.13. The third-order valence-electron chi connectivity index (χ3n) is 1.65. The number of nitrogens with zero attached hydrogens (tertiary/aromatic N) is 2. The molecular weight excluding hydrogens is 220 g/mol. The summed E-state index contributed by atoms with van der Waals surface area (Å²) in [5.74, 6) is 0. The van der Waals surface area contributed by atoms with Gasteiger partial charge in [0, 0.05) is 12.6 Å². The summed E-state index contributed by atoms with van der Waals surface area (Å²) in [7, 11) is 0. The predicted octanol–water partition coefficient (Wildman–Crippen LogP) is 2.25. The van der Waals surface area contributed by atoms with Crippen molar-refractivity contribution in [2.45, 2.75) is 12.5 Å². The van der Waals surface area contributed by atoms with Gasteiger partial charge in [0.25, 0.3) is 0 Å². The number of rotatable bonds is 1. The average Bonchev–Trinajstić information content (AvgIpc) is 2.54. The van der Waals surface area contributed by atoms with E-state index in [1.54, 1.807) is 6.20 Å². The van der Waals surface area contributed by atoms with E-state index in [0.29, 0.717) is 0 Å². The van der Waals surface area contributed by atoms with E-state index in [2.05, 4.69) is 26.1 Å². The molecule has 0 amide bonds. The van der Waals surface area contributed by atoms with Crippen LogP contribution in [-0.4, -0.2) is 9.60 Å². The van der Waals surface area contributed by atoms with Crippen LogP contribution in [0.25, 0.3) is 0 Å². The van der Waals surface area contributed by atoms with Gasteiger partial charge in [-0.15, -0.1) is 0 Å². The standard InChI is InChI=1S/C8H7BrN2O/c9-8-5-7(12-11-8)6-3-1-2-4-10-6/h1-4,7H,5H2/t7-/m1/s1. The quantitative estimate of drug-likeness (QED) is 0.737. The molecule has 1 atom stereocenters. The Balaban J connectivity index is 2.14. The molecule has 0 N–H and O–H groups in total. The lowest BCUT2D eigenvalue weighted by molar-refractivity contribution is 0.0826. The van der Waals surface area contributed by atoms with Crippen LogP contribution < -0.4 is 0 Å². The average molecular weight is 227 g/mol. The largest absolute Gasteiger partial charge is 0.385 e. The first-order chi connectivity index (χ1) is 5.86. The van der Waals surface area contributed by atoms with Crippen LogP contribution in [0.1, 0.15) is 18.2 Å². The molecule has 3 nitrogen and oxygen atoms in total. The van der Waals surface area contributed by atoms with Crippen molar-refractivity contribution in [2.75, 3.05) is 0 Å². The highest BCUT2D eigenvalue weighted by Gasteiger charge is 2.21. The fourth-order valence-corrected chi connectivity index (χ4v) is 1.45. The summed E-state index contributed by atoms with van der Waals surface area (Å²) in [5, 5.41) is 3.79. The molecule has 0 unspecified atom stereocenters. The second kappa shape index (κ2) is 3.23. The fraction of sp³-hybridized carbons (Fsp3) is 0.250. The molecule has 0 saturated heterocycles. The maximum Gasteiger partial charge on any atom is 0.175 e. The lowest BCUT2D eigenvalue weighted by Crippen LogP contribution is -1.98. The van der Waals surface area contributed by atoms with Gasteiger partial charge in [0.2, 0.25) is 0 Å². The van der Waals surface area contributed by atoms with Crippen LogP contribution in [0.15, 0.2) is 29.6 Å². The number of oxime groups is 1. The Labute approximate surface area is 78.6 Å². The predicted molar refractivity (Wildman–Crippen MR) is 49.0 cm³/mol. The van der Waals surface area contributed by atoms with E-state index in [4.69, 9.17) is 4.84 Å². The van der Waals surface area contributed by atoms with Crippen molar-refractivity contribution in [3.8, 4) is 0 Å². The molecule has 0 radical (unpaired) electrons. The molecule has 0 aromatic carbocycles. The van der Waals surface area contributed by atoms with Crippen LogP contribution in [0, 0.1) is 0 Å². The number of aromatic nitrogens is 1. The molecule has 1 aromatic rings. The normalized spacial score (nSPS) is 21.8. The minimum Gasteiger partial charge on any atom is -0.385 e. The Bertz CT molecular complexity index is 299. The lowest BCUT2D eigenvalue weighted by Gasteiger charge is -2.05. The zero-order valence-electron chi connectivity index (χ0n) is 6.27. The summed E-state index contributed by atoms with van der Waals surface area (Å²) in [6.45, 7) is 0. The number of halogens is 1. The van der Waals surface area contributed by atoms with Crippen LogP contribution >= 0.6 is 15.9 Å². The first-order valence-electron chi connectivity index (χ1n) is 3.65. The van der Waals surface area contributed by atoms with Crippen LogP contribution in [-0.2, 0) is 4.84 Å². The molecule has 1 aromatic heterocycles. The third-order valence-corrected chi connectivity index (χ3v) is 2.12. The molecule has 1 aliphatic heterocycles. The van der Waals surface area contributed by atoms with Crippen LogP contribution in [0.2, 0.25) is 0 Å². The third kappa shape index (κ3) is 1.48. The summed E-state index contributed by atoms with van der Waals surface area (Å²) < 4.78 is 0.846. The van der Waals surface area contributed by atoms with E-state index in [1.807, 2.05) is 18.2 Å². The molecule has 0 bridgehead atoms. The van der Waals surface area contributed by atoms with Gasteiger partial charge < -0.3 is 4.84 Å². The van der Waals surface area contributed by atoms with E-state index >= 15 is 0 Å². The highest BCUT2D eigenvalue weighted by molar-refractivity contribution is 9.18. The molecule has 2 heterocycles. The van der Waals surface area contributed by atoms with Crippen molar-refractivity contribution >= 4 is 20.6 Å². The molecule has 0 aliphatic carbocycles. The summed E-state index contributed by atoms with van der Waals surface area (Å²) in [5.41, 5.74) is 0.927. The van der Waals surface area contributed by atoms with Gasteiger partial charge in [0.15, 0.2) is 6.10 Å². The first kappa shape index (κ1) is 7.73. The lowest BCUT2D eigenvalue weighted by atomic mass is 10.2. The Morgan fingerprint density at radius 2 is 2.42 bits per heavy atom. The van der Waals surface area contributed by atoms with Gasteiger partial charge in [0.1, 0.15) is 4.62 Å². The Morgan fingerprint density at radius 3 is 3.00 bits per heavy atom. The molecule has 4 heteroatoms. The SMILES string of the molecule is BrC1=NO[C@@H](c2ccccn2)C1. The number of pyridine rings is 1. The van der Waals surface area contributed by atoms with Crippen LogP contribution in [0.3, 0.4) is 0 Å².